The predicted octanol–water partition coefficient (Wildman–Crippen LogP) is 1.65. The lowest BCUT2D eigenvalue weighted by atomic mass is 10.3. The van der Waals surface area contributed by atoms with Crippen LogP contribution in [0.2, 0.25) is 0 Å². The first-order valence-corrected chi connectivity index (χ1v) is 5.26. The van der Waals surface area contributed by atoms with E-state index in [1.807, 2.05) is 6.07 Å². The zero-order valence-corrected chi connectivity index (χ0v) is 9.50. The molecule has 3 rings (SSSR count). The number of anilines is 2. The van der Waals surface area contributed by atoms with Crippen LogP contribution in [-0.4, -0.2) is 32.0 Å². The molecule has 7 heteroatoms. The number of aromatic nitrogens is 5. The average Bonchev–Trinajstić information content (AvgIpc) is 2.86. The van der Waals surface area contributed by atoms with Gasteiger partial charge in [0.05, 0.1) is 18.2 Å². The van der Waals surface area contributed by atoms with Gasteiger partial charge < -0.3 is 9.88 Å². The van der Waals surface area contributed by atoms with Crippen LogP contribution < -0.4 is 4.90 Å². The third-order valence-electron chi connectivity index (χ3n) is 2.58. The minimum atomic E-state index is -0.794. The second kappa shape index (κ2) is 4.02. The molecule has 90 valence electrons. The van der Waals surface area contributed by atoms with Crippen LogP contribution in [0, 0.1) is 6.08 Å². The first-order chi connectivity index (χ1) is 8.75. The van der Waals surface area contributed by atoms with Crippen LogP contribution in [-0.2, 0) is 0 Å². The molecule has 18 heavy (non-hydrogen) atoms. The van der Waals surface area contributed by atoms with Gasteiger partial charge in [-0.25, -0.2) is 4.98 Å². The molecule has 0 atom stereocenters. The van der Waals surface area contributed by atoms with Crippen molar-refractivity contribution < 1.29 is 4.39 Å². The van der Waals surface area contributed by atoms with Gasteiger partial charge in [-0.2, -0.15) is 14.4 Å². The number of imidazole rings is 1. The SMILES string of the molecule is CN(c1cccnc1)c1nc(F)nc2[nH]cnc12. The van der Waals surface area contributed by atoms with E-state index in [0.717, 1.165) is 5.69 Å². The normalized spacial score (nSPS) is 10.8. The summed E-state index contributed by atoms with van der Waals surface area (Å²) in [6.07, 6.45) is 4.00. The van der Waals surface area contributed by atoms with Crippen molar-refractivity contribution >= 4 is 22.7 Å². The van der Waals surface area contributed by atoms with Crippen LogP contribution in [0.5, 0.6) is 0 Å². The van der Waals surface area contributed by atoms with E-state index in [-0.39, 0.29) is 0 Å². The number of rotatable bonds is 2. The van der Waals surface area contributed by atoms with Gasteiger partial charge in [0.2, 0.25) is 0 Å². The Labute approximate surface area is 102 Å². The topological polar surface area (TPSA) is 70.6 Å². The number of pyridine rings is 1. The van der Waals surface area contributed by atoms with Crippen LogP contribution in [0.4, 0.5) is 15.9 Å². The Morgan fingerprint density at radius 3 is 3.00 bits per heavy atom. The molecule has 0 aliphatic heterocycles. The van der Waals surface area contributed by atoms with Gasteiger partial charge >= 0.3 is 6.08 Å². The number of H-pyrrole nitrogens is 1. The molecule has 1 N–H and O–H groups in total. The van der Waals surface area contributed by atoms with E-state index in [1.165, 1.54) is 6.33 Å². The molecule has 0 spiro atoms. The second-order valence-electron chi connectivity index (χ2n) is 3.69. The van der Waals surface area contributed by atoms with Gasteiger partial charge in [0.1, 0.15) is 0 Å². The molecule has 0 saturated heterocycles. The van der Waals surface area contributed by atoms with Crippen molar-refractivity contribution in [2.75, 3.05) is 11.9 Å². The summed E-state index contributed by atoms with van der Waals surface area (Å²) < 4.78 is 13.3. The molecule has 0 aromatic carbocycles. The van der Waals surface area contributed by atoms with Crippen LogP contribution in [0.1, 0.15) is 0 Å². The van der Waals surface area contributed by atoms with Crippen LogP contribution in [0.15, 0.2) is 30.9 Å². The van der Waals surface area contributed by atoms with Gasteiger partial charge in [-0.05, 0) is 12.1 Å². The first kappa shape index (κ1) is 10.6. The summed E-state index contributed by atoms with van der Waals surface area (Å²) in [6, 6.07) is 3.65. The lowest BCUT2D eigenvalue weighted by Crippen LogP contribution is -2.13. The number of nitrogens with zero attached hydrogens (tertiary/aromatic N) is 5. The minimum Gasteiger partial charge on any atom is -0.329 e. The molecule has 3 heterocycles. The van der Waals surface area contributed by atoms with Gasteiger partial charge in [-0.3, -0.25) is 4.98 Å². The molecule has 0 aliphatic rings. The van der Waals surface area contributed by atoms with Crippen molar-refractivity contribution in [1.82, 2.24) is 24.9 Å². The van der Waals surface area contributed by atoms with Crippen LogP contribution in [0.3, 0.4) is 0 Å². The van der Waals surface area contributed by atoms with Gasteiger partial charge in [-0.15, -0.1) is 0 Å². The van der Waals surface area contributed by atoms with Gasteiger partial charge in [0.25, 0.3) is 0 Å². The third kappa shape index (κ3) is 1.65. The van der Waals surface area contributed by atoms with Crippen molar-refractivity contribution in [3.8, 4) is 0 Å². The van der Waals surface area contributed by atoms with E-state index < -0.39 is 6.08 Å². The van der Waals surface area contributed by atoms with E-state index in [9.17, 15) is 4.39 Å². The minimum absolute atomic E-state index is 0.369. The smallest absolute Gasteiger partial charge is 0.312 e. The average molecular weight is 244 g/mol. The van der Waals surface area contributed by atoms with E-state index >= 15 is 0 Å². The zero-order chi connectivity index (χ0) is 12.5. The third-order valence-corrected chi connectivity index (χ3v) is 2.58. The summed E-state index contributed by atoms with van der Waals surface area (Å²) in [4.78, 5) is 20.0. The summed E-state index contributed by atoms with van der Waals surface area (Å²) in [5.41, 5.74) is 1.68. The predicted molar refractivity (Wildman–Crippen MR) is 63.9 cm³/mol. The Morgan fingerprint density at radius 1 is 1.33 bits per heavy atom. The van der Waals surface area contributed by atoms with Crippen LogP contribution in [0.25, 0.3) is 11.2 Å². The fourth-order valence-corrected chi connectivity index (χ4v) is 1.70. The summed E-state index contributed by atoms with van der Waals surface area (Å²) in [6.45, 7) is 0. The zero-order valence-electron chi connectivity index (χ0n) is 9.50. The lowest BCUT2D eigenvalue weighted by molar-refractivity contribution is 0.544. The molecule has 0 bridgehead atoms. The number of hydrogen-bond acceptors (Lipinski definition) is 5. The number of fused-ring (bicyclic) bond motifs is 1. The highest BCUT2D eigenvalue weighted by Gasteiger charge is 2.14. The van der Waals surface area contributed by atoms with E-state index in [0.29, 0.717) is 17.0 Å². The van der Waals surface area contributed by atoms with Crippen molar-refractivity contribution in [2.24, 2.45) is 0 Å². The number of nitrogens with one attached hydrogen (secondary N) is 1. The number of halogens is 1. The highest BCUT2D eigenvalue weighted by Crippen LogP contribution is 2.25. The van der Waals surface area contributed by atoms with Crippen molar-refractivity contribution in [1.29, 1.82) is 0 Å². The summed E-state index contributed by atoms with van der Waals surface area (Å²) in [5, 5.41) is 0. The first-order valence-electron chi connectivity index (χ1n) is 5.26. The molecule has 0 saturated carbocycles. The van der Waals surface area contributed by atoms with Crippen LogP contribution >= 0.6 is 0 Å². The van der Waals surface area contributed by atoms with Gasteiger partial charge in [0, 0.05) is 13.2 Å². The molecule has 0 aliphatic carbocycles. The maximum atomic E-state index is 13.3. The molecule has 6 nitrogen and oxygen atoms in total. The Morgan fingerprint density at radius 2 is 2.22 bits per heavy atom. The standard InChI is InChI=1S/C11H9FN6/c1-18(7-3-2-4-13-5-7)10-8-9(15-6-14-8)16-11(12)17-10/h2-6H,1H3,(H,14,15,16,17). The molecule has 0 amide bonds. The van der Waals surface area contributed by atoms with E-state index in [1.54, 1.807) is 30.4 Å². The molecule has 0 radical (unpaired) electrons. The Kier molecular flexibility index (Phi) is 2.36. The Hall–Kier alpha value is -2.57. The van der Waals surface area contributed by atoms with Crippen molar-refractivity contribution in [2.45, 2.75) is 0 Å². The molecule has 0 unspecified atom stereocenters. The lowest BCUT2D eigenvalue weighted by Gasteiger charge is -2.17. The monoisotopic (exact) mass is 244 g/mol. The quantitative estimate of drug-likeness (QED) is 0.694. The second-order valence-corrected chi connectivity index (χ2v) is 3.69. The van der Waals surface area contributed by atoms with Crippen molar-refractivity contribution in [3.63, 3.8) is 0 Å². The number of aromatic amines is 1. The fraction of sp³-hybridized carbons (Fsp3) is 0.0909. The highest BCUT2D eigenvalue weighted by molar-refractivity contribution is 5.85. The molecular weight excluding hydrogens is 235 g/mol. The molecule has 3 aromatic rings. The summed E-state index contributed by atoms with van der Waals surface area (Å²) in [7, 11) is 1.77. The van der Waals surface area contributed by atoms with Gasteiger partial charge in [-0.1, -0.05) is 0 Å². The summed E-state index contributed by atoms with van der Waals surface area (Å²) in [5.74, 6) is 0.395. The molecule has 0 fully saturated rings. The molecule has 3 aromatic heterocycles. The summed E-state index contributed by atoms with van der Waals surface area (Å²) >= 11 is 0. The molecular formula is C11H9FN6. The van der Waals surface area contributed by atoms with Crippen molar-refractivity contribution in [3.05, 3.63) is 36.9 Å². The maximum absolute atomic E-state index is 13.3. The maximum Gasteiger partial charge on any atom is 0.312 e. The van der Waals surface area contributed by atoms with Gasteiger partial charge in [0.15, 0.2) is 17.0 Å². The Balaban J connectivity index is 2.17. The van der Waals surface area contributed by atoms with E-state index in [2.05, 4.69) is 24.9 Å². The van der Waals surface area contributed by atoms with E-state index in [4.69, 9.17) is 0 Å². The fourth-order valence-electron chi connectivity index (χ4n) is 1.70. The number of hydrogen-bond donors (Lipinski definition) is 1. The largest absolute Gasteiger partial charge is 0.329 e. The highest BCUT2D eigenvalue weighted by atomic mass is 19.1. The Bertz CT molecular complexity index is 680.